The second kappa shape index (κ2) is 6.65. The van der Waals surface area contributed by atoms with Crippen molar-refractivity contribution in [1.29, 1.82) is 0 Å². The lowest BCUT2D eigenvalue weighted by atomic mass is 10.1. The van der Waals surface area contributed by atoms with Crippen molar-refractivity contribution in [2.45, 2.75) is 6.42 Å². The molecule has 0 unspecified atom stereocenters. The number of aromatic nitrogens is 4. The Balaban J connectivity index is 1.84. The van der Waals surface area contributed by atoms with E-state index in [1.54, 1.807) is 17.9 Å². The van der Waals surface area contributed by atoms with Gasteiger partial charge in [-0.15, -0.1) is 0 Å². The van der Waals surface area contributed by atoms with Crippen LogP contribution in [0, 0.1) is 0 Å². The number of rotatable bonds is 4. The second-order valence-electron chi connectivity index (χ2n) is 5.78. The molecule has 2 aromatic heterocycles. The molecule has 0 atom stereocenters. The van der Waals surface area contributed by atoms with Crippen molar-refractivity contribution in [3.05, 3.63) is 81.5 Å². The predicted molar refractivity (Wildman–Crippen MR) is 100 cm³/mol. The van der Waals surface area contributed by atoms with Gasteiger partial charge in [-0.2, -0.15) is 5.10 Å². The highest BCUT2D eigenvalue weighted by atomic mass is 35.5. The first-order valence-electron chi connectivity index (χ1n) is 8.00. The smallest absolute Gasteiger partial charge is 0.262 e. The molecule has 4 rings (SSSR count). The molecule has 0 aliphatic rings. The number of hydrogen-bond donors (Lipinski definition) is 1. The standard InChI is InChI=1S/C19H15ClN4O2/c1-26-16-8-3-2-7-15(16)24-18-14(11-21-24)19(25)23-17(22-18)10-12-5-4-6-13(20)9-12/h2-9,11H,10H2,1H3,(H,22,23,25). The first kappa shape index (κ1) is 16.4. The summed E-state index contributed by atoms with van der Waals surface area (Å²) in [5, 5.41) is 5.40. The minimum Gasteiger partial charge on any atom is -0.494 e. The van der Waals surface area contributed by atoms with Crippen molar-refractivity contribution in [3.63, 3.8) is 0 Å². The van der Waals surface area contributed by atoms with E-state index in [2.05, 4.69) is 15.1 Å². The average Bonchev–Trinajstić information content (AvgIpc) is 3.06. The molecule has 0 spiro atoms. The summed E-state index contributed by atoms with van der Waals surface area (Å²) in [5.74, 6) is 1.19. The largest absolute Gasteiger partial charge is 0.494 e. The van der Waals surface area contributed by atoms with Crippen LogP contribution in [0.3, 0.4) is 0 Å². The third-order valence-corrected chi connectivity index (χ3v) is 4.30. The maximum atomic E-state index is 12.4. The van der Waals surface area contributed by atoms with Gasteiger partial charge in [0.1, 0.15) is 22.6 Å². The monoisotopic (exact) mass is 366 g/mol. The Morgan fingerprint density at radius 2 is 2.04 bits per heavy atom. The number of nitrogens with zero attached hydrogens (tertiary/aromatic N) is 3. The van der Waals surface area contributed by atoms with Gasteiger partial charge in [0.05, 0.1) is 13.3 Å². The second-order valence-corrected chi connectivity index (χ2v) is 6.22. The van der Waals surface area contributed by atoms with Gasteiger partial charge in [0.2, 0.25) is 0 Å². The van der Waals surface area contributed by atoms with E-state index in [1.165, 1.54) is 6.20 Å². The quantitative estimate of drug-likeness (QED) is 0.601. The van der Waals surface area contributed by atoms with E-state index >= 15 is 0 Å². The lowest BCUT2D eigenvalue weighted by Crippen LogP contribution is -2.13. The summed E-state index contributed by atoms with van der Waals surface area (Å²) in [6.45, 7) is 0. The normalized spacial score (nSPS) is 11.0. The predicted octanol–water partition coefficient (Wildman–Crippen LogP) is 3.36. The molecule has 130 valence electrons. The summed E-state index contributed by atoms with van der Waals surface area (Å²) < 4.78 is 7.01. The van der Waals surface area contributed by atoms with Gasteiger partial charge < -0.3 is 9.72 Å². The molecule has 0 aliphatic heterocycles. The summed E-state index contributed by atoms with van der Waals surface area (Å²) in [7, 11) is 1.59. The van der Waals surface area contributed by atoms with Gasteiger partial charge in [0, 0.05) is 11.4 Å². The fraction of sp³-hybridized carbons (Fsp3) is 0.105. The minimum atomic E-state index is -0.229. The van der Waals surface area contributed by atoms with Crippen LogP contribution in [0.25, 0.3) is 16.7 Å². The Labute approximate surface area is 154 Å². The van der Waals surface area contributed by atoms with Crippen molar-refractivity contribution in [3.8, 4) is 11.4 Å². The SMILES string of the molecule is COc1ccccc1-n1ncc2c(=O)[nH]c(Cc3cccc(Cl)c3)nc21. The van der Waals surface area contributed by atoms with E-state index in [4.69, 9.17) is 16.3 Å². The first-order chi connectivity index (χ1) is 12.7. The number of para-hydroxylation sites is 2. The fourth-order valence-corrected chi connectivity index (χ4v) is 3.08. The zero-order valence-corrected chi connectivity index (χ0v) is 14.7. The summed E-state index contributed by atoms with van der Waals surface area (Å²) in [6.07, 6.45) is 1.97. The van der Waals surface area contributed by atoms with E-state index in [9.17, 15) is 4.79 Å². The number of halogens is 1. The third-order valence-electron chi connectivity index (χ3n) is 4.06. The van der Waals surface area contributed by atoms with E-state index in [0.717, 1.165) is 11.3 Å². The number of nitrogens with one attached hydrogen (secondary N) is 1. The zero-order chi connectivity index (χ0) is 18.1. The molecule has 0 aliphatic carbocycles. The van der Waals surface area contributed by atoms with Crippen LogP contribution < -0.4 is 10.3 Å². The topological polar surface area (TPSA) is 72.8 Å². The van der Waals surface area contributed by atoms with Crippen LogP contribution in [0.15, 0.2) is 59.5 Å². The molecular formula is C19H15ClN4O2. The Morgan fingerprint density at radius 3 is 2.85 bits per heavy atom. The van der Waals surface area contributed by atoms with Gasteiger partial charge in [-0.05, 0) is 29.8 Å². The Kier molecular flexibility index (Phi) is 4.18. The minimum absolute atomic E-state index is 0.229. The summed E-state index contributed by atoms with van der Waals surface area (Å²) in [4.78, 5) is 19.9. The van der Waals surface area contributed by atoms with Crippen molar-refractivity contribution < 1.29 is 4.74 Å². The zero-order valence-electron chi connectivity index (χ0n) is 13.9. The van der Waals surface area contributed by atoms with Crippen molar-refractivity contribution >= 4 is 22.6 Å². The average molecular weight is 367 g/mol. The van der Waals surface area contributed by atoms with Crippen LogP contribution >= 0.6 is 11.6 Å². The van der Waals surface area contributed by atoms with E-state index < -0.39 is 0 Å². The van der Waals surface area contributed by atoms with Gasteiger partial charge in [0.15, 0.2) is 5.65 Å². The highest BCUT2D eigenvalue weighted by Crippen LogP contribution is 2.24. The molecule has 0 saturated carbocycles. The van der Waals surface area contributed by atoms with Gasteiger partial charge in [0.25, 0.3) is 5.56 Å². The summed E-state index contributed by atoms with van der Waals surface area (Å²) >= 11 is 6.04. The number of hydrogen-bond acceptors (Lipinski definition) is 4. The van der Waals surface area contributed by atoms with Crippen molar-refractivity contribution in [2.75, 3.05) is 7.11 Å². The molecule has 0 amide bonds. The molecule has 6 nitrogen and oxygen atoms in total. The van der Waals surface area contributed by atoms with E-state index in [-0.39, 0.29) is 5.56 Å². The number of aromatic amines is 1. The Morgan fingerprint density at radius 1 is 1.19 bits per heavy atom. The molecule has 2 heterocycles. The number of ether oxygens (including phenoxy) is 1. The summed E-state index contributed by atoms with van der Waals surface area (Å²) in [5.41, 5.74) is 1.93. The van der Waals surface area contributed by atoms with Crippen molar-refractivity contribution in [1.82, 2.24) is 19.7 Å². The molecule has 26 heavy (non-hydrogen) atoms. The van der Waals surface area contributed by atoms with E-state index in [0.29, 0.717) is 34.1 Å². The van der Waals surface area contributed by atoms with Gasteiger partial charge in [-0.3, -0.25) is 4.79 Å². The number of fused-ring (bicyclic) bond motifs is 1. The van der Waals surface area contributed by atoms with Gasteiger partial charge in [-0.1, -0.05) is 35.9 Å². The number of benzene rings is 2. The van der Waals surface area contributed by atoms with Crippen molar-refractivity contribution in [2.24, 2.45) is 0 Å². The lowest BCUT2D eigenvalue weighted by molar-refractivity contribution is 0.412. The molecule has 0 radical (unpaired) electrons. The Hall–Kier alpha value is -3.12. The third kappa shape index (κ3) is 2.95. The molecule has 0 saturated heterocycles. The molecule has 7 heteroatoms. The van der Waals surface area contributed by atoms with Gasteiger partial charge in [-0.25, -0.2) is 9.67 Å². The molecule has 1 N–H and O–H groups in total. The maximum absolute atomic E-state index is 12.4. The highest BCUT2D eigenvalue weighted by molar-refractivity contribution is 6.30. The molecule has 4 aromatic rings. The highest BCUT2D eigenvalue weighted by Gasteiger charge is 2.14. The molecule has 0 bridgehead atoms. The molecule has 2 aromatic carbocycles. The van der Waals surface area contributed by atoms with Crippen LogP contribution in [0.5, 0.6) is 5.75 Å². The van der Waals surface area contributed by atoms with Crippen LogP contribution in [0.2, 0.25) is 5.02 Å². The van der Waals surface area contributed by atoms with E-state index in [1.807, 2.05) is 42.5 Å². The molecular weight excluding hydrogens is 352 g/mol. The van der Waals surface area contributed by atoms with Gasteiger partial charge >= 0.3 is 0 Å². The lowest BCUT2D eigenvalue weighted by Gasteiger charge is -2.09. The first-order valence-corrected chi connectivity index (χ1v) is 8.38. The fourth-order valence-electron chi connectivity index (χ4n) is 2.87. The number of H-pyrrole nitrogens is 1. The van der Waals surface area contributed by atoms with Crippen LogP contribution in [-0.2, 0) is 6.42 Å². The van der Waals surface area contributed by atoms with Crippen LogP contribution in [0.1, 0.15) is 11.4 Å². The number of methoxy groups -OCH3 is 1. The summed E-state index contributed by atoms with van der Waals surface area (Å²) in [6, 6.07) is 14.9. The maximum Gasteiger partial charge on any atom is 0.262 e. The Bertz CT molecular complexity index is 1150. The van der Waals surface area contributed by atoms with Crippen LogP contribution in [0.4, 0.5) is 0 Å². The molecule has 0 fully saturated rings. The van der Waals surface area contributed by atoms with Crippen LogP contribution in [-0.4, -0.2) is 26.9 Å².